The number of aliphatic hydroxyl groups excluding tert-OH is 1. The second kappa shape index (κ2) is 9.85. The van der Waals surface area contributed by atoms with Gasteiger partial charge in [-0.2, -0.15) is 11.8 Å². The number of aliphatic hydroxyl groups is 1. The predicted molar refractivity (Wildman–Crippen MR) is 97.2 cm³/mol. The molecule has 2 rings (SSSR count). The molecule has 5 nitrogen and oxygen atoms in total. The molecule has 2 aromatic carbocycles. The van der Waals surface area contributed by atoms with Crippen molar-refractivity contribution in [3.63, 3.8) is 0 Å². The fraction of sp³-hybridized carbons (Fsp3) is 0.278. The summed E-state index contributed by atoms with van der Waals surface area (Å²) in [6.45, 7) is 0.186. The Hall–Kier alpha value is -2.18. The topological polar surface area (TPSA) is 78.8 Å². The molecule has 0 aliphatic heterocycles. The van der Waals surface area contributed by atoms with Gasteiger partial charge in [0.05, 0.1) is 12.5 Å². The molecule has 3 N–H and O–H groups in total. The first-order valence-corrected chi connectivity index (χ1v) is 8.81. The Labute approximate surface area is 145 Å². The number of thioether (sulfide) groups is 1. The van der Waals surface area contributed by atoms with E-state index in [2.05, 4.69) is 5.32 Å². The number of ether oxygens (including phenoxy) is 1. The van der Waals surface area contributed by atoms with Crippen molar-refractivity contribution in [3.8, 4) is 5.75 Å². The van der Waals surface area contributed by atoms with E-state index >= 15 is 0 Å². The Morgan fingerprint density at radius 2 is 1.75 bits per heavy atom. The molecule has 1 atom stereocenters. The standard InChI is InChI=1S/C18H21NO4S/c20-16(13-24-11-10-18(21)22)12-23-17-8-6-15(7-9-17)19-14-4-2-1-3-5-14/h1-9,16,19-20H,10-13H2,(H,21,22). The highest BCUT2D eigenvalue weighted by atomic mass is 32.2. The van der Waals surface area contributed by atoms with Crippen molar-refractivity contribution in [2.75, 3.05) is 23.4 Å². The van der Waals surface area contributed by atoms with Crippen LogP contribution < -0.4 is 10.1 Å². The van der Waals surface area contributed by atoms with Crippen LogP contribution in [0.15, 0.2) is 54.6 Å². The number of carboxylic acids is 1. The van der Waals surface area contributed by atoms with Crippen LogP contribution in [0, 0.1) is 0 Å². The molecule has 0 amide bonds. The van der Waals surface area contributed by atoms with Crippen LogP contribution in [0.4, 0.5) is 11.4 Å². The van der Waals surface area contributed by atoms with Gasteiger partial charge in [-0.25, -0.2) is 0 Å². The maximum atomic E-state index is 10.4. The Bertz CT molecular complexity index is 619. The van der Waals surface area contributed by atoms with Crippen molar-refractivity contribution >= 4 is 29.1 Å². The number of aliphatic carboxylic acids is 1. The Morgan fingerprint density at radius 1 is 1.08 bits per heavy atom. The number of rotatable bonds is 10. The zero-order valence-electron chi connectivity index (χ0n) is 13.2. The van der Waals surface area contributed by atoms with E-state index < -0.39 is 12.1 Å². The molecule has 128 valence electrons. The van der Waals surface area contributed by atoms with Gasteiger partial charge in [-0.15, -0.1) is 0 Å². The molecule has 0 saturated carbocycles. The lowest BCUT2D eigenvalue weighted by Crippen LogP contribution is -2.20. The molecule has 0 aromatic heterocycles. The second-order valence-corrected chi connectivity index (χ2v) is 6.35. The van der Waals surface area contributed by atoms with Crippen LogP contribution in [0.5, 0.6) is 5.75 Å². The van der Waals surface area contributed by atoms with Gasteiger partial charge in [0.15, 0.2) is 0 Å². The third kappa shape index (κ3) is 6.93. The van der Waals surface area contributed by atoms with E-state index in [9.17, 15) is 9.90 Å². The Morgan fingerprint density at radius 3 is 2.42 bits per heavy atom. The van der Waals surface area contributed by atoms with Crippen LogP contribution in [-0.2, 0) is 4.79 Å². The zero-order valence-corrected chi connectivity index (χ0v) is 14.0. The number of benzene rings is 2. The molecule has 1 unspecified atom stereocenters. The highest BCUT2D eigenvalue weighted by Crippen LogP contribution is 2.20. The van der Waals surface area contributed by atoms with Gasteiger partial charge in [-0.05, 0) is 36.4 Å². The molecule has 24 heavy (non-hydrogen) atoms. The summed E-state index contributed by atoms with van der Waals surface area (Å²) in [4.78, 5) is 10.4. The lowest BCUT2D eigenvalue weighted by atomic mass is 10.2. The van der Waals surface area contributed by atoms with E-state index in [1.807, 2.05) is 54.6 Å². The van der Waals surface area contributed by atoms with Crippen LogP contribution in [0.1, 0.15) is 6.42 Å². The van der Waals surface area contributed by atoms with E-state index in [1.165, 1.54) is 11.8 Å². The summed E-state index contributed by atoms with van der Waals surface area (Å²) in [6.07, 6.45) is -0.514. The van der Waals surface area contributed by atoms with Crippen molar-refractivity contribution in [3.05, 3.63) is 54.6 Å². The van der Waals surface area contributed by atoms with Crippen LogP contribution in [0.25, 0.3) is 0 Å². The van der Waals surface area contributed by atoms with E-state index in [0.717, 1.165) is 11.4 Å². The lowest BCUT2D eigenvalue weighted by molar-refractivity contribution is -0.136. The minimum atomic E-state index is -0.822. The average molecular weight is 347 g/mol. The summed E-state index contributed by atoms with van der Waals surface area (Å²) < 4.78 is 5.54. The first-order valence-electron chi connectivity index (χ1n) is 7.66. The number of hydrogen-bond acceptors (Lipinski definition) is 5. The summed E-state index contributed by atoms with van der Waals surface area (Å²) in [5.41, 5.74) is 1.97. The van der Waals surface area contributed by atoms with Gasteiger partial charge in [0.1, 0.15) is 12.4 Å². The van der Waals surface area contributed by atoms with E-state index in [1.54, 1.807) is 0 Å². The SMILES string of the molecule is O=C(O)CCSCC(O)COc1ccc(Nc2ccccc2)cc1. The molecule has 0 bridgehead atoms. The molecular formula is C18H21NO4S. The molecule has 6 heteroatoms. The van der Waals surface area contributed by atoms with Crippen LogP contribution >= 0.6 is 11.8 Å². The van der Waals surface area contributed by atoms with E-state index in [0.29, 0.717) is 17.3 Å². The Balaban J connectivity index is 1.70. The number of anilines is 2. The minimum absolute atomic E-state index is 0.105. The number of para-hydroxylation sites is 1. The van der Waals surface area contributed by atoms with Crippen molar-refractivity contribution in [1.29, 1.82) is 0 Å². The maximum Gasteiger partial charge on any atom is 0.304 e. The van der Waals surface area contributed by atoms with Gasteiger partial charge in [0.2, 0.25) is 0 Å². The molecule has 2 aromatic rings. The smallest absolute Gasteiger partial charge is 0.304 e. The summed E-state index contributed by atoms with van der Waals surface area (Å²) in [6, 6.07) is 17.4. The Kier molecular flexibility index (Phi) is 7.45. The highest BCUT2D eigenvalue weighted by Gasteiger charge is 2.06. The quantitative estimate of drug-likeness (QED) is 0.572. The highest BCUT2D eigenvalue weighted by molar-refractivity contribution is 7.99. The third-order valence-electron chi connectivity index (χ3n) is 3.13. The second-order valence-electron chi connectivity index (χ2n) is 5.20. The number of hydrogen-bond donors (Lipinski definition) is 3. The number of nitrogens with one attached hydrogen (secondary N) is 1. The first-order chi connectivity index (χ1) is 11.6. The minimum Gasteiger partial charge on any atom is -0.491 e. The largest absolute Gasteiger partial charge is 0.491 e. The number of carbonyl (C=O) groups is 1. The van der Waals surface area contributed by atoms with Gasteiger partial charge < -0.3 is 20.3 Å². The van der Waals surface area contributed by atoms with Crippen LogP contribution in [0.2, 0.25) is 0 Å². The van der Waals surface area contributed by atoms with E-state index in [-0.39, 0.29) is 13.0 Å². The third-order valence-corrected chi connectivity index (χ3v) is 4.24. The van der Waals surface area contributed by atoms with Crippen molar-refractivity contribution in [2.45, 2.75) is 12.5 Å². The fourth-order valence-electron chi connectivity index (χ4n) is 1.94. The number of carboxylic acid groups (broad SMARTS) is 1. The van der Waals surface area contributed by atoms with Crippen molar-refractivity contribution < 1.29 is 19.7 Å². The lowest BCUT2D eigenvalue weighted by Gasteiger charge is -2.12. The first kappa shape index (κ1) is 18.2. The van der Waals surface area contributed by atoms with Crippen LogP contribution in [0.3, 0.4) is 0 Å². The summed E-state index contributed by atoms with van der Waals surface area (Å²) in [7, 11) is 0. The van der Waals surface area contributed by atoms with Gasteiger partial charge in [0, 0.05) is 22.9 Å². The monoisotopic (exact) mass is 347 g/mol. The molecular weight excluding hydrogens is 326 g/mol. The average Bonchev–Trinajstić information content (AvgIpc) is 2.59. The zero-order chi connectivity index (χ0) is 17.2. The summed E-state index contributed by atoms with van der Waals surface area (Å²) in [5.74, 6) is 0.813. The van der Waals surface area contributed by atoms with Gasteiger partial charge >= 0.3 is 5.97 Å². The fourth-order valence-corrected chi connectivity index (χ4v) is 2.80. The molecule has 0 spiro atoms. The molecule has 0 heterocycles. The molecule has 0 aliphatic rings. The molecule has 0 aliphatic carbocycles. The summed E-state index contributed by atoms with van der Waals surface area (Å²) >= 11 is 1.41. The van der Waals surface area contributed by atoms with Crippen molar-refractivity contribution in [1.82, 2.24) is 0 Å². The van der Waals surface area contributed by atoms with Crippen LogP contribution in [-0.4, -0.2) is 40.4 Å². The van der Waals surface area contributed by atoms with E-state index in [4.69, 9.17) is 9.84 Å². The normalized spacial score (nSPS) is 11.7. The van der Waals surface area contributed by atoms with Crippen molar-refractivity contribution in [2.24, 2.45) is 0 Å². The molecule has 0 fully saturated rings. The van der Waals surface area contributed by atoms with Gasteiger partial charge in [-0.1, -0.05) is 18.2 Å². The maximum absolute atomic E-state index is 10.4. The summed E-state index contributed by atoms with van der Waals surface area (Å²) in [5, 5.41) is 21.6. The van der Waals surface area contributed by atoms with Gasteiger partial charge in [0.25, 0.3) is 0 Å². The van der Waals surface area contributed by atoms with Gasteiger partial charge in [-0.3, -0.25) is 4.79 Å². The predicted octanol–water partition coefficient (Wildman–Crippen LogP) is 3.38. The molecule has 0 radical (unpaired) electrons. The molecule has 0 saturated heterocycles.